The van der Waals surface area contributed by atoms with Crippen molar-refractivity contribution < 1.29 is 5.11 Å². The number of aryl methyl sites for hydroxylation is 1. The lowest BCUT2D eigenvalue weighted by Crippen LogP contribution is -2.26. The molecule has 2 nitrogen and oxygen atoms in total. The number of nitrogens with one attached hydrogen (secondary N) is 1. The molecule has 0 radical (unpaired) electrons. The van der Waals surface area contributed by atoms with Crippen molar-refractivity contribution in [1.82, 2.24) is 5.32 Å². The second-order valence-corrected chi connectivity index (χ2v) is 6.63. The first-order valence-electron chi connectivity index (χ1n) is 6.83. The van der Waals surface area contributed by atoms with Gasteiger partial charge in [-0.3, -0.25) is 0 Å². The molecule has 1 aliphatic carbocycles. The molecule has 0 aromatic heterocycles. The first-order valence-corrected chi connectivity index (χ1v) is 7.88. The van der Waals surface area contributed by atoms with Gasteiger partial charge in [-0.25, -0.2) is 0 Å². The van der Waals surface area contributed by atoms with E-state index in [2.05, 4.69) is 24.0 Å². The van der Waals surface area contributed by atoms with Crippen LogP contribution in [0.25, 0.3) is 0 Å². The molecule has 1 saturated carbocycles. The molecule has 0 heterocycles. The lowest BCUT2D eigenvalue weighted by Gasteiger charge is -2.14. The van der Waals surface area contributed by atoms with Crippen molar-refractivity contribution in [3.63, 3.8) is 0 Å². The third-order valence-corrected chi connectivity index (χ3v) is 4.92. The van der Waals surface area contributed by atoms with Crippen molar-refractivity contribution >= 4 is 11.8 Å². The predicted octanol–water partition coefficient (Wildman–Crippen LogP) is 3.46. The first-order chi connectivity index (χ1) is 8.70. The zero-order valence-electron chi connectivity index (χ0n) is 11.3. The van der Waals surface area contributed by atoms with Gasteiger partial charge in [0.25, 0.3) is 0 Å². The summed E-state index contributed by atoms with van der Waals surface area (Å²) in [5.74, 6) is 1.67. The van der Waals surface area contributed by atoms with Crippen LogP contribution in [0.15, 0.2) is 18.2 Å². The number of hydrogen-bond donors (Lipinski definition) is 2. The van der Waals surface area contributed by atoms with Crippen molar-refractivity contribution in [2.45, 2.75) is 50.9 Å². The van der Waals surface area contributed by atoms with E-state index in [0.29, 0.717) is 11.8 Å². The van der Waals surface area contributed by atoms with Crippen LogP contribution in [0.5, 0.6) is 5.75 Å². The van der Waals surface area contributed by atoms with Crippen molar-refractivity contribution in [3.05, 3.63) is 29.3 Å². The molecule has 0 aliphatic heterocycles. The fraction of sp³-hybridized carbons (Fsp3) is 0.600. The van der Waals surface area contributed by atoms with Crippen LogP contribution in [0.4, 0.5) is 0 Å². The summed E-state index contributed by atoms with van der Waals surface area (Å²) in [6, 6.07) is 6.58. The summed E-state index contributed by atoms with van der Waals surface area (Å²) >= 11 is 2.08. The molecule has 1 aliphatic rings. The second kappa shape index (κ2) is 6.48. The van der Waals surface area contributed by atoms with E-state index in [0.717, 1.165) is 22.9 Å². The Hall–Kier alpha value is -0.670. The van der Waals surface area contributed by atoms with Crippen LogP contribution >= 0.6 is 11.8 Å². The van der Waals surface area contributed by atoms with Crippen molar-refractivity contribution in [3.8, 4) is 5.75 Å². The quantitative estimate of drug-likeness (QED) is 0.855. The molecule has 1 aromatic rings. The Morgan fingerprint density at radius 2 is 2.22 bits per heavy atom. The van der Waals surface area contributed by atoms with E-state index in [1.807, 2.05) is 25.1 Å². The predicted molar refractivity (Wildman–Crippen MR) is 79.2 cm³/mol. The minimum Gasteiger partial charge on any atom is -0.507 e. The highest BCUT2D eigenvalue weighted by Crippen LogP contribution is 2.30. The summed E-state index contributed by atoms with van der Waals surface area (Å²) in [5.41, 5.74) is 1.97. The van der Waals surface area contributed by atoms with E-state index in [-0.39, 0.29) is 0 Å². The van der Waals surface area contributed by atoms with Gasteiger partial charge < -0.3 is 10.4 Å². The smallest absolute Gasteiger partial charge is 0.122 e. The SMILES string of the molecule is CCSC1CCC(NCc2cccc(C)c2O)C1. The molecule has 1 aromatic carbocycles. The third kappa shape index (κ3) is 3.42. The van der Waals surface area contributed by atoms with Crippen LogP contribution in [0.3, 0.4) is 0 Å². The molecule has 0 bridgehead atoms. The Kier molecular flexibility index (Phi) is 4.95. The average Bonchev–Trinajstić information content (AvgIpc) is 2.79. The van der Waals surface area contributed by atoms with E-state index < -0.39 is 0 Å². The number of hydrogen-bond acceptors (Lipinski definition) is 3. The Labute approximate surface area is 114 Å². The van der Waals surface area contributed by atoms with Gasteiger partial charge in [0.15, 0.2) is 0 Å². The van der Waals surface area contributed by atoms with E-state index in [1.54, 1.807) is 0 Å². The van der Waals surface area contributed by atoms with Gasteiger partial charge in [-0.2, -0.15) is 11.8 Å². The van der Waals surface area contributed by atoms with Gasteiger partial charge in [0.05, 0.1) is 0 Å². The largest absolute Gasteiger partial charge is 0.507 e. The Bertz CT molecular complexity index is 394. The molecule has 18 heavy (non-hydrogen) atoms. The zero-order valence-corrected chi connectivity index (χ0v) is 12.1. The minimum absolute atomic E-state index is 0.447. The Morgan fingerprint density at radius 3 is 3.00 bits per heavy atom. The number of para-hydroxylation sites is 1. The van der Waals surface area contributed by atoms with Gasteiger partial charge in [0, 0.05) is 23.4 Å². The molecule has 100 valence electrons. The lowest BCUT2D eigenvalue weighted by molar-refractivity contribution is 0.452. The summed E-state index contributed by atoms with van der Waals surface area (Å²) < 4.78 is 0. The standard InChI is InChI=1S/C15H23NOS/c1-3-18-14-8-7-13(9-14)16-10-12-6-4-5-11(2)15(12)17/h4-6,13-14,16-17H,3,7-10H2,1-2H3. The highest BCUT2D eigenvalue weighted by atomic mass is 32.2. The van der Waals surface area contributed by atoms with Gasteiger partial charge >= 0.3 is 0 Å². The monoisotopic (exact) mass is 265 g/mol. The van der Waals surface area contributed by atoms with E-state index >= 15 is 0 Å². The Morgan fingerprint density at radius 1 is 1.39 bits per heavy atom. The van der Waals surface area contributed by atoms with Gasteiger partial charge in [-0.15, -0.1) is 0 Å². The summed E-state index contributed by atoms with van der Waals surface area (Å²) in [7, 11) is 0. The molecule has 0 amide bonds. The number of rotatable bonds is 5. The number of phenolic OH excluding ortho intramolecular Hbond substituents is 1. The third-order valence-electron chi connectivity index (χ3n) is 3.69. The topological polar surface area (TPSA) is 32.3 Å². The molecule has 2 N–H and O–H groups in total. The van der Waals surface area contributed by atoms with Gasteiger partial charge in [0.1, 0.15) is 5.75 Å². The first kappa shape index (κ1) is 13.8. The molecule has 2 rings (SSSR count). The molecule has 0 saturated heterocycles. The fourth-order valence-electron chi connectivity index (χ4n) is 2.63. The maximum Gasteiger partial charge on any atom is 0.122 e. The van der Waals surface area contributed by atoms with E-state index in [4.69, 9.17) is 0 Å². The van der Waals surface area contributed by atoms with Crippen molar-refractivity contribution in [2.75, 3.05) is 5.75 Å². The van der Waals surface area contributed by atoms with Crippen molar-refractivity contribution in [1.29, 1.82) is 0 Å². The van der Waals surface area contributed by atoms with Gasteiger partial charge in [-0.05, 0) is 37.5 Å². The van der Waals surface area contributed by atoms with Crippen LogP contribution in [-0.4, -0.2) is 22.2 Å². The van der Waals surface area contributed by atoms with Crippen LogP contribution in [0.1, 0.15) is 37.3 Å². The Balaban J connectivity index is 1.83. The van der Waals surface area contributed by atoms with Crippen LogP contribution in [0, 0.1) is 6.92 Å². The lowest BCUT2D eigenvalue weighted by atomic mass is 10.1. The summed E-state index contributed by atoms with van der Waals surface area (Å²) in [4.78, 5) is 0. The summed E-state index contributed by atoms with van der Waals surface area (Å²) in [5, 5.41) is 14.4. The number of aromatic hydroxyl groups is 1. The zero-order chi connectivity index (χ0) is 13.0. The molecule has 2 unspecified atom stereocenters. The second-order valence-electron chi connectivity index (χ2n) is 5.05. The van der Waals surface area contributed by atoms with Crippen LogP contribution in [-0.2, 0) is 6.54 Å². The number of thioether (sulfide) groups is 1. The molecule has 2 atom stereocenters. The molecular weight excluding hydrogens is 242 g/mol. The molecular formula is C15H23NOS. The van der Waals surface area contributed by atoms with Gasteiger partial charge in [-0.1, -0.05) is 25.1 Å². The van der Waals surface area contributed by atoms with E-state index in [9.17, 15) is 5.11 Å². The fourth-order valence-corrected chi connectivity index (χ4v) is 3.77. The highest BCUT2D eigenvalue weighted by molar-refractivity contribution is 7.99. The number of phenols is 1. The van der Waals surface area contributed by atoms with Crippen LogP contribution in [0.2, 0.25) is 0 Å². The average molecular weight is 265 g/mol. The van der Waals surface area contributed by atoms with E-state index in [1.165, 1.54) is 25.0 Å². The van der Waals surface area contributed by atoms with Crippen LogP contribution < -0.4 is 5.32 Å². The van der Waals surface area contributed by atoms with Crippen molar-refractivity contribution in [2.24, 2.45) is 0 Å². The minimum atomic E-state index is 0.447. The maximum absolute atomic E-state index is 9.96. The summed E-state index contributed by atoms with van der Waals surface area (Å²) in [6.45, 7) is 4.96. The number of benzene rings is 1. The van der Waals surface area contributed by atoms with Gasteiger partial charge in [0.2, 0.25) is 0 Å². The maximum atomic E-state index is 9.96. The molecule has 3 heteroatoms. The molecule has 1 fully saturated rings. The molecule has 0 spiro atoms. The normalized spacial score (nSPS) is 23.4. The summed E-state index contributed by atoms with van der Waals surface area (Å²) in [6.07, 6.45) is 3.87. The highest BCUT2D eigenvalue weighted by Gasteiger charge is 2.24.